The molecule has 2 N–H and O–H groups in total. The maximum Gasteiger partial charge on any atom is 0.148 e. The molecule has 2 heterocycles. The number of aliphatic hydroxyl groups excluding tert-OH is 1. The summed E-state index contributed by atoms with van der Waals surface area (Å²) in [5.41, 5.74) is 2.20. The van der Waals surface area contributed by atoms with Crippen LogP contribution in [0.4, 0.5) is 5.82 Å². The maximum atomic E-state index is 8.84. The first-order valence-corrected chi connectivity index (χ1v) is 6.64. The van der Waals surface area contributed by atoms with Gasteiger partial charge in [-0.25, -0.2) is 0 Å². The first-order valence-electron chi connectivity index (χ1n) is 6.64. The summed E-state index contributed by atoms with van der Waals surface area (Å²) < 4.78 is 3.75. The third-order valence-corrected chi connectivity index (χ3v) is 2.84. The van der Waals surface area contributed by atoms with E-state index in [9.17, 15) is 0 Å². The van der Waals surface area contributed by atoms with E-state index < -0.39 is 0 Å². The fraction of sp³-hybridized carbons (Fsp3) is 0.538. The number of nitrogens with one attached hydrogen (secondary N) is 1. The topological polar surface area (TPSA) is 67.9 Å². The molecule has 6 nitrogen and oxygen atoms in total. The van der Waals surface area contributed by atoms with Crippen molar-refractivity contribution in [2.45, 2.75) is 39.9 Å². The minimum atomic E-state index is 0.101. The van der Waals surface area contributed by atoms with Gasteiger partial charge in [-0.15, -0.1) is 0 Å². The Morgan fingerprint density at radius 3 is 2.89 bits per heavy atom. The molecular weight excluding hydrogens is 242 g/mol. The molecule has 0 bridgehead atoms. The first-order chi connectivity index (χ1) is 9.22. The third-order valence-electron chi connectivity index (χ3n) is 2.84. The lowest BCUT2D eigenvalue weighted by molar-refractivity contribution is 0.269. The summed E-state index contributed by atoms with van der Waals surface area (Å²) in [6.45, 7) is 6.41. The van der Waals surface area contributed by atoms with Gasteiger partial charge in [-0.05, 0) is 19.4 Å². The average Bonchev–Trinajstić information content (AvgIpc) is 2.95. The van der Waals surface area contributed by atoms with E-state index in [1.165, 1.54) is 0 Å². The molecule has 0 spiro atoms. The number of aromatic nitrogens is 4. The van der Waals surface area contributed by atoms with Gasteiger partial charge >= 0.3 is 0 Å². The third kappa shape index (κ3) is 3.57. The van der Waals surface area contributed by atoms with Crippen molar-refractivity contribution in [1.29, 1.82) is 0 Å². The van der Waals surface area contributed by atoms with Crippen LogP contribution in [0.5, 0.6) is 0 Å². The normalized spacial score (nSPS) is 10.9. The number of hydrogen-bond donors (Lipinski definition) is 2. The molecule has 0 fully saturated rings. The molecule has 0 unspecified atom stereocenters. The highest BCUT2D eigenvalue weighted by Gasteiger charge is 2.05. The van der Waals surface area contributed by atoms with Crippen LogP contribution < -0.4 is 5.32 Å². The van der Waals surface area contributed by atoms with E-state index in [4.69, 9.17) is 5.11 Å². The minimum Gasteiger partial charge on any atom is -0.394 e. The van der Waals surface area contributed by atoms with Crippen molar-refractivity contribution in [3.63, 3.8) is 0 Å². The van der Waals surface area contributed by atoms with Crippen molar-refractivity contribution in [3.05, 3.63) is 29.7 Å². The fourth-order valence-corrected chi connectivity index (χ4v) is 2.01. The average molecular weight is 263 g/mol. The van der Waals surface area contributed by atoms with Gasteiger partial charge in [0, 0.05) is 18.8 Å². The Balaban J connectivity index is 1.97. The zero-order valence-electron chi connectivity index (χ0n) is 11.5. The number of hydrogen-bond acceptors (Lipinski definition) is 4. The fourth-order valence-electron chi connectivity index (χ4n) is 2.01. The molecule has 2 rings (SSSR count). The van der Waals surface area contributed by atoms with E-state index in [-0.39, 0.29) is 6.61 Å². The number of nitrogens with zero attached hydrogens (tertiary/aromatic N) is 4. The Hall–Kier alpha value is -1.82. The highest BCUT2D eigenvalue weighted by molar-refractivity contribution is 5.33. The summed E-state index contributed by atoms with van der Waals surface area (Å²) >= 11 is 0. The van der Waals surface area contributed by atoms with Gasteiger partial charge in [0.05, 0.1) is 31.1 Å². The van der Waals surface area contributed by atoms with E-state index >= 15 is 0 Å². The smallest absolute Gasteiger partial charge is 0.148 e. The number of aryl methyl sites for hydroxylation is 2. The molecule has 0 aliphatic carbocycles. The molecule has 104 valence electrons. The molecule has 6 heteroatoms. The summed E-state index contributed by atoms with van der Waals surface area (Å²) in [6, 6.07) is 4.00. The van der Waals surface area contributed by atoms with Crippen molar-refractivity contribution in [3.8, 4) is 0 Å². The summed E-state index contributed by atoms with van der Waals surface area (Å²) in [7, 11) is 0. The van der Waals surface area contributed by atoms with Gasteiger partial charge in [0.1, 0.15) is 5.82 Å². The van der Waals surface area contributed by atoms with E-state index in [0.717, 1.165) is 30.2 Å². The molecule has 0 aliphatic rings. The van der Waals surface area contributed by atoms with Crippen LogP contribution in [0.15, 0.2) is 18.3 Å². The van der Waals surface area contributed by atoms with Crippen molar-refractivity contribution < 1.29 is 5.11 Å². The molecule has 0 saturated heterocycles. The molecule has 2 aromatic heterocycles. The molecule has 0 amide bonds. The maximum absolute atomic E-state index is 8.84. The zero-order valence-corrected chi connectivity index (χ0v) is 11.5. The standard InChI is InChI=1S/C13H21N5O/c1-3-5-18-12(9-11(2)15-18)10-14-13-4-6-17(16-13)7-8-19/h4,6,9,19H,3,5,7-8,10H2,1-2H3,(H,14,16). The van der Waals surface area contributed by atoms with Crippen LogP contribution in [-0.2, 0) is 19.6 Å². The van der Waals surface area contributed by atoms with Gasteiger partial charge in [0.2, 0.25) is 0 Å². The lowest BCUT2D eigenvalue weighted by Crippen LogP contribution is -2.10. The molecule has 0 saturated carbocycles. The Kier molecular flexibility index (Phi) is 4.57. The lowest BCUT2D eigenvalue weighted by atomic mass is 10.3. The van der Waals surface area contributed by atoms with Crippen molar-refractivity contribution in [2.24, 2.45) is 0 Å². The number of rotatable bonds is 7. The zero-order chi connectivity index (χ0) is 13.7. The summed E-state index contributed by atoms with van der Waals surface area (Å²) in [5, 5.41) is 20.9. The minimum absolute atomic E-state index is 0.101. The van der Waals surface area contributed by atoms with Crippen LogP contribution in [0.25, 0.3) is 0 Å². The van der Waals surface area contributed by atoms with E-state index in [2.05, 4.69) is 28.5 Å². The molecule has 0 aliphatic heterocycles. The quantitative estimate of drug-likeness (QED) is 0.792. The van der Waals surface area contributed by atoms with Gasteiger partial charge in [-0.3, -0.25) is 9.36 Å². The largest absolute Gasteiger partial charge is 0.394 e. The second-order valence-electron chi connectivity index (χ2n) is 4.54. The molecule has 2 aromatic rings. The predicted molar refractivity (Wildman–Crippen MR) is 73.9 cm³/mol. The molecule has 0 radical (unpaired) electrons. The second-order valence-corrected chi connectivity index (χ2v) is 4.54. The first kappa shape index (κ1) is 13.6. The van der Waals surface area contributed by atoms with Crippen LogP contribution in [0.2, 0.25) is 0 Å². The molecule has 0 aromatic carbocycles. The second kappa shape index (κ2) is 6.38. The van der Waals surface area contributed by atoms with Gasteiger partial charge in [-0.1, -0.05) is 6.92 Å². The highest BCUT2D eigenvalue weighted by Crippen LogP contribution is 2.09. The van der Waals surface area contributed by atoms with Crippen LogP contribution in [0.1, 0.15) is 24.7 Å². The number of anilines is 1. The van der Waals surface area contributed by atoms with Gasteiger partial charge in [0.15, 0.2) is 0 Å². The van der Waals surface area contributed by atoms with Gasteiger partial charge in [-0.2, -0.15) is 10.2 Å². The summed E-state index contributed by atoms with van der Waals surface area (Å²) in [5.74, 6) is 0.815. The Morgan fingerprint density at radius 1 is 1.32 bits per heavy atom. The molecule has 0 atom stereocenters. The monoisotopic (exact) mass is 263 g/mol. The summed E-state index contributed by atoms with van der Waals surface area (Å²) in [4.78, 5) is 0. The Morgan fingerprint density at radius 2 is 2.16 bits per heavy atom. The van der Waals surface area contributed by atoms with Gasteiger partial charge < -0.3 is 10.4 Å². The van der Waals surface area contributed by atoms with Crippen LogP contribution >= 0.6 is 0 Å². The Labute approximate surface area is 113 Å². The van der Waals surface area contributed by atoms with Crippen LogP contribution in [0, 0.1) is 6.92 Å². The van der Waals surface area contributed by atoms with E-state index in [1.807, 2.05) is 23.9 Å². The predicted octanol–water partition coefficient (Wildman–Crippen LogP) is 1.40. The number of aliphatic hydroxyl groups is 1. The molecule has 19 heavy (non-hydrogen) atoms. The highest BCUT2D eigenvalue weighted by atomic mass is 16.3. The van der Waals surface area contributed by atoms with E-state index in [0.29, 0.717) is 13.1 Å². The van der Waals surface area contributed by atoms with Crippen molar-refractivity contribution in [2.75, 3.05) is 11.9 Å². The Bertz CT molecular complexity index is 517. The SMILES string of the molecule is CCCn1nc(C)cc1CNc1ccn(CCO)n1. The van der Waals surface area contributed by atoms with Crippen molar-refractivity contribution >= 4 is 5.82 Å². The van der Waals surface area contributed by atoms with Gasteiger partial charge in [0.25, 0.3) is 0 Å². The summed E-state index contributed by atoms with van der Waals surface area (Å²) in [6.07, 6.45) is 2.92. The molecular formula is C13H21N5O. The van der Waals surface area contributed by atoms with Crippen LogP contribution in [-0.4, -0.2) is 31.3 Å². The van der Waals surface area contributed by atoms with Crippen molar-refractivity contribution in [1.82, 2.24) is 19.6 Å². The van der Waals surface area contributed by atoms with Crippen LogP contribution in [0.3, 0.4) is 0 Å². The lowest BCUT2D eigenvalue weighted by Gasteiger charge is -2.06. The van der Waals surface area contributed by atoms with E-state index in [1.54, 1.807) is 4.68 Å².